The molecule has 5 nitrogen and oxygen atoms in total. The van der Waals surface area contributed by atoms with E-state index in [0.29, 0.717) is 5.65 Å². The van der Waals surface area contributed by atoms with E-state index in [1.54, 1.807) is 6.07 Å². The standard InChI is InChI=1S/C18H26N2O3/c1-4-6-8-9-13-11-14(21)15-16(22)12(3)18(23)19-17(15)20(13)10-7-5-2/h11H,4-10H2,1-3H3,(H2,19,22,23). The van der Waals surface area contributed by atoms with Crippen LogP contribution in [0.25, 0.3) is 11.0 Å². The molecule has 0 saturated carbocycles. The topological polar surface area (TPSA) is 75.1 Å². The van der Waals surface area contributed by atoms with Crippen molar-refractivity contribution < 1.29 is 5.11 Å². The van der Waals surface area contributed by atoms with Gasteiger partial charge in [0.1, 0.15) is 16.8 Å². The Balaban J connectivity index is 2.69. The highest BCUT2D eigenvalue weighted by Crippen LogP contribution is 2.23. The molecule has 0 fully saturated rings. The molecule has 23 heavy (non-hydrogen) atoms. The molecule has 0 aliphatic heterocycles. The number of aromatic amines is 1. The first-order chi connectivity index (χ1) is 11.0. The minimum atomic E-state index is -0.342. The van der Waals surface area contributed by atoms with Gasteiger partial charge >= 0.3 is 0 Å². The van der Waals surface area contributed by atoms with Crippen LogP contribution in [0.15, 0.2) is 15.7 Å². The van der Waals surface area contributed by atoms with Crippen LogP contribution in [0.4, 0.5) is 0 Å². The van der Waals surface area contributed by atoms with Crippen molar-refractivity contribution in [1.82, 2.24) is 9.55 Å². The van der Waals surface area contributed by atoms with Gasteiger partial charge in [-0.25, -0.2) is 0 Å². The van der Waals surface area contributed by atoms with Gasteiger partial charge in [0.15, 0.2) is 5.43 Å². The molecule has 2 heterocycles. The second kappa shape index (κ2) is 7.49. The fourth-order valence-electron chi connectivity index (χ4n) is 2.89. The van der Waals surface area contributed by atoms with Crippen molar-refractivity contribution in [3.8, 4) is 5.75 Å². The zero-order valence-electron chi connectivity index (χ0n) is 14.2. The lowest BCUT2D eigenvalue weighted by Gasteiger charge is -2.17. The lowest BCUT2D eigenvalue weighted by atomic mass is 10.1. The number of aryl methyl sites for hydroxylation is 2. The number of hydrogen-bond acceptors (Lipinski definition) is 3. The first-order valence-electron chi connectivity index (χ1n) is 8.49. The van der Waals surface area contributed by atoms with E-state index in [1.807, 2.05) is 4.57 Å². The SMILES string of the molecule is CCCCCc1cc(=O)c2c(O)c(C)c(=O)[nH]c2n1CCCC. The van der Waals surface area contributed by atoms with Gasteiger partial charge in [-0.15, -0.1) is 0 Å². The van der Waals surface area contributed by atoms with Crippen molar-refractivity contribution in [2.45, 2.75) is 65.8 Å². The summed E-state index contributed by atoms with van der Waals surface area (Å²) in [5.74, 6) is -0.195. The Bertz CT molecular complexity index is 802. The van der Waals surface area contributed by atoms with Gasteiger partial charge in [0.25, 0.3) is 5.56 Å². The van der Waals surface area contributed by atoms with Crippen LogP contribution in [0.3, 0.4) is 0 Å². The zero-order valence-corrected chi connectivity index (χ0v) is 14.2. The number of aromatic nitrogens is 2. The summed E-state index contributed by atoms with van der Waals surface area (Å²) in [5.41, 5.74) is 1.01. The number of unbranched alkanes of at least 4 members (excludes halogenated alkanes) is 3. The highest BCUT2D eigenvalue weighted by molar-refractivity contribution is 5.83. The third kappa shape index (κ3) is 3.49. The average molecular weight is 318 g/mol. The van der Waals surface area contributed by atoms with Gasteiger partial charge in [-0.1, -0.05) is 33.1 Å². The lowest BCUT2D eigenvalue weighted by Crippen LogP contribution is -2.21. The minimum absolute atomic E-state index is 0.190. The van der Waals surface area contributed by atoms with Gasteiger partial charge in [0.2, 0.25) is 0 Å². The summed E-state index contributed by atoms with van der Waals surface area (Å²) >= 11 is 0. The summed E-state index contributed by atoms with van der Waals surface area (Å²) in [7, 11) is 0. The van der Waals surface area contributed by atoms with E-state index in [-0.39, 0.29) is 27.7 Å². The van der Waals surface area contributed by atoms with Crippen LogP contribution in [0, 0.1) is 6.92 Å². The van der Waals surface area contributed by atoms with Crippen molar-refractivity contribution in [3.05, 3.63) is 37.9 Å². The van der Waals surface area contributed by atoms with Crippen molar-refractivity contribution in [1.29, 1.82) is 0 Å². The molecule has 2 rings (SSSR count). The third-order valence-electron chi connectivity index (χ3n) is 4.33. The number of nitrogens with zero attached hydrogens (tertiary/aromatic N) is 1. The van der Waals surface area contributed by atoms with Gasteiger partial charge in [0, 0.05) is 18.3 Å². The van der Waals surface area contributed by atoms with E-state index in [1.165, 1.54) is 6.92 Å². The van der Waals surface area contributed by atoms with Crippen LogP contribution in [0.2, 0.25) is 0 Å². The Morgan fingerprint density at radius 2 is 1.83 bits per heavy atom. The maximum Gasteiger partial charge on any atom is 0.256 e. The van der Waals surface area contributed by atoms with E-state index in [2.05, 4.69) is 18.8 Å². The second-order valence-electron chi connectivity index (χ2n) is 6.11. The second-order valence-corrected chi connectivity index (χ2v) is 6.11. The summed E-state index contributed by atoms with van der Waals surface area (Å²) in [5, 5.41) is 10.5. The van der Waals surface area contributed by atoms with Gasteiger partial charge < -0.3 is 14.7 Å². The maximum atomic E-state index is 12.4. The summed E-state index contributed by atoms with van der Waals surface area (Å²) in [6, 6.07) is 1.62. The van der Waals surface area contributed by atoms with Crippen LogP contribution >= 0.6 is 0 Å². The molecule has 0 aromatic carbocycles. The highest BCUT2D eigenvalue weighted by Gasteiger charge is 2.16. The fraction of sp³-hybridized carbons (Fsp3) is 0.556. The third-order valence-corrected chi connectivity index (χ3v) is 4.33. The number of hydrogen-bond donors (Lipinski definition) is 2. The number of fused-ring (bicyclic) bond motifs is 1. The first kappa shape index (κ1) is 17.3. The first-order valence-corrected chi connectivity index (χ1v) is 8.49. The van der Waals surface area contributed by atoms with E-state index in [9.17, 15) is 14.7 Å². The Morgan fingerprint density at radius 3 is 2.48 bits per heavy atom. The molecule has 0 unspecified atom stereocenters. The van der Waals surface area contributed by atoms with Gasteiger partial charge in [-0.05, 0) is 26.2 Å². The lowest BCUT2D eigenvalue weighted by molar-refractivity contribution is 0.475. The molecular weight excluding hydrogens is 292 g/mol. The molecule has 0 saturated heterocycles. The Hall–Kier alpha value is -2.04. The van der Waals surface area contributed by atoms with Crippen molar-refractivity contribution in [2.75, 3.05) is 0 Å². The highest BCUT2D eigenvalue weighted by atomic mass is 16.3. The minimum Gasteiger partial charge on any atom is -0.507 e. The van der Waals surface area contributed by atoms with Gasteiger partial charge in [0.05, 0.1) is 5.56 Å². The summed E-state index contributed by atoms with van der Waals surface area (Å²) in [6.45, 7) is 6.50. The van der Waals surface area contributed by atoms with E-state index >= 15 is 0 Å². The summed E-state index contributed by atoms with van der Waals surface area (Å²) in [4.78, 5) is 27.3. The Kier molecular flexibility index (Phi) is 5.64. The molecule has 0 aliphatic carbocycles. The predicted octanol–water partition coefficient (Wildman–Crippen LogP) is 3.24. The molecule has 5 heteroatoms. The smallest absolute Gasteiger partial charge is 0.256 e. The number of aromatic hydroxyl groups is 1. The molecular formula is C18H26N2O3. The molecule has 0 radical (unpaired) electrons. The van der Waals surface area contributed by atoms with Crippen LogP contribution in [0.1, 0.15) is 57.2 Å². The molecule has 0 atom stereocenters. The quantitative estimate of drug-likeness (QED) is 0.770. The number of rotatable bonds is 7. The van der Waals surface area contributed by atoms with Crippen molar-refractivity contribution >= 4 is 11.0 Å². The molecule has 2 N–H and O–H groups in total. The van der Waals surface area contributed by atoms with E-state index < -0.39 is 0 Å². The number of nitrogens with one attached hydrogen (secondary N) is 1. The molecule has 0 amide bonds. The number of H-pyrrole nitrogens is 1. The van der Waals surface area contributed by atoms with E-state index in [0.717, 1.165) is 50.8 Å². The average Bonchev–Trinajstić information content (AvgIpc) is 2.52. The van der Waals surface area contributed by atoms with Crippen molar-refractivity contribution in [2.24, 2.45) is 0 Å². The molecule has 2 aromatic rings. The van der Waals surface area contributed by atoms with Crippen LogP contribution in [-0.2, 0) is 13.0 Å². The Labute approximate surface area is 136 Å². The largest absolute Gasteiger partial charge is 0.507 e. The summed E-state index contributed by atoms with van der Waals surface area (Å²) in [6.07, 6.45) is 6.01. The molecule has 0 bridgehead atoms. The van der Waals surface area contributed by atoms with Gasteiger partial charge in [-0.2, -0.15) is 0 Å². The number of pyridine rings is 2. The van der Waals surface area contributed by atoms with Crippen LogP contribution < -0.4 is 11.0 Å². The summed E-state index contributed by atoms with van der Waals surface area (Å²) < 4.78 is 2.00. The zero-order chi connectivity index (χ0) is 17.0. The van der Waals surface area contributed by atoms with Crippen LogP contribution in [-0.4, -0.2) is 14.7 Å². The monoisotopic (exact) mass is 318 g/mol. The Morgan fingerprint density at radius 1 is 1.13 bits per heavy atom. The predicted molar refractivity (Wildman–Crippen MR) is 93.4 cm³/mol. The van der Waals surface area contributed by atoms with Crippen LogP contribution in [0.5, 0.6) is 5.75 Å². The fourth-order valence-corrected chi connectivity index (χ4v) is 2.89. The maximum absolute atomic E-state index is 12.4. The van der Waals surface area contributed by atoms with Crippen molar-refractivity contribution in [3.63, 3.8) is 0 Å². The molecule has 126 valence electrons. The van der Waals surface area contributed by atoms with Gasteiger partial charge in [-0.3, -0.25) is 9.59 Å². The van der Waals surface area contributed by atoms with E-state index in [4.69, 9.17) is 0 Å². The normalized spacial score (nSPS) is 11.3. The molecule has 0 aliphatic rings. The molecule has 2 aromatic heterocycles. The molecule has 0 spiro atoms.